The molecule has 0 N–H and O–H groups in total. The fourth-order valence-electron chi connectivity index (χ4n) is 1.64. The van der Waals surface area contributed by atoms with Crippen molar-refractivity contribution in [2.24, 2.45) is 0 Å². The van der Waals surface area contributed by atoms with Crippen LogP contribution >= 0.6 is 11.6 Å². The van der Waals surface area contributed by atoms with Crippen LogP contribution in [-0.4, -0.2) is 12.6 Å². The normalized spacial score (nSPS) is 10.4. The van der Waals surface area contributed by atoms with Crippen molar-refractivity contribution in [1.29, 1.82) is 0 Å². The van der Waals surface area contributed by atoms with Crippen molar-refractivity contribution in [2.45, 2.75) is 6.92 Å². The van der Waals surface area contributed by atoms with Crippen molar-refractivity contribution in [3.63, 3.8) is 0 Å². The number of ether oxygens (including phenoxy) is 2. The van der Waals surface area contributed by atoms with E-state index in [1.165, 1.54) is 6.26 Å². The summed E-state index contributed by atoms with van der Waals surface area (Å²) in [6.45, 7) is 2.00. The van der Waals surface area contributed by atoms with Crippen LogP contribution in [0.25, 0.3) is 0 Å². The second kappa shape index (κ2) is 8.67. The lowest BCUT2D eigenvalue weighted by Gasteiger charge is -2.02. The Kier molecular flexibility index (Phi) is 6.28. The smallest absolute Gasteiger partial charge is 0.349 e. The number of rotatable bonds is 4. The zero-order valence-electron chi connectivity index (χ0n) is 12.6. The largest absolute Gasteiger partial charge is 0.463 e. The predicted molar refractivity (Wildman–Crippen MR) is 90.1 cm³/mol. The molecule has 0 bridgehead atoms. The third-order valence-corrected chi connectivity index (χ3v) is 2.99. The number of esters is 1. The molecule has 0 saturated heterocycles. The van der Waals surface area contributed by atoms with Crippen LogP contribution in [0.3, 0.4) is 0 Å². The molecular weight excluding hydrogens is 312 g/mol. The fraction of sp³-hybridized carbons (Fsp3) is 0.105. The Bertz CT molecular complexity index is 738. The molecule has 0 aliphatic heterocycles. The van der Waals surface area contributed by atoms with E-state index in [-0.39, 0.29) is 12.2 Å². The summed E-state index contributed by atoms with van der Waals surface area (Å²) in [5.74, 6) is 5.76. The summed E-state index contributed by atoms with van der Waals surface area (Å²) in [5, 5.41) is 0.629. The topological polar surface area (TPSA) is 35.5 Å². The molecule has 0 saturated carbocycles. The minimum Gasteiger partial charge on any atom is -0.463 e. The van der Waals surface area contributed by atoms with Crippen LogP contribution in [0.5, 0.6) is 5.75 Å². The van der Waals surface area contributed by atoms with E-state index in [9.17, 15) is 4.79 Å². The minimum absolute atomic E-state index is 0.144. The maximum absolute atomic E-state index is 11.9. The molecule has 23 heavy (non-hydrogen) atoms. The van der Waals surface area contributed by atoms with Gasteiger partial charge in [0.2, 0.25) is 0 Å². The van der Waals surface area contributed by atoms with Crippen LogP contribution in [0.15, 0.2) is 66.4 Å². The molecule has 0 amide bonds. The molecule has 0 aliphatic carbocycles. The highest BCUT2D eigenvalue weighted by atomic mass is 35.5. The molecule has 2 rings (SSSR count). The Hall–Kier alpha value is -2.70. The first-order valence-corrected chi connectivity index (χ1v) is 7.43. The zero-order chi connectivity index (χ0) is 16.5. The number of hydrogen-bond donors (Lipinski definition) is 0. The van der Waals surface area contributed by atoms with Gasteiger partial charge in [-0.1, -0.05) is 41.6 Å². The third kappa shape index (κ3) is 5.54. The number of benzene rings is 2. The van der Waals surface area contributed by atoms with Gasteiger partial charge in [0.1, 0.15) is 17.6 Å². The molecule has 0 heterocycles. The summed E-state index contributed by atoms with van der Waals surface area (Å²) < 4.78 is 10.4. The summed E-state index contributed by atoms with van der Waals surface area (Å²) in [5.41, 5.74) is 0.884. The van der Waals surface area contributed by atoms with E-state index in [0.717, 1.165) is 5.56 Å². The van der Waals surface area contributed by atoms with Crippen molar-refractivity contribution in [3.05, 3.63) is 77.0 Å². The van der Waals surface area contributed by atoms with Gasteiger partial charge in [-0.25, -0.2) is 4.79 Å². The molecule has 0 aliphatic rings. The van der Waals surface area contributed by atoms with Crippen molar-refractivity contribution in [2.75, 3.05) is 6.61 Å². The Balaban J connectivity index is 2.20. The molecule has 2 aromatic rings. The van der Waals surface area contributed by atoms with Gasteiger partial charge in [0.25, 0.3) is 0 Å². The lowest BCUT2D eigenvalue weighted by molar-refractivity contribution is -0.138. The minimum atomic E-state index is -0.523. The molecule has 0 spiro atoms. The molecular formula is C19H15ClO3. The Morgan fingerprint density at radius 2 is 1.83 bits per heavy atom. The van der Waals surface area contributed by atoms with Crippen LogP contribution < -0.4 is 4.74 Å². The van der Waals surface area contributed by atoms with Gasteiger partial charge in [-0.3, -0.25) is 0 Å². The summed E-state index contributed by atoms with van der Waals surface area (Å²) in [6.07, 6.45) is 1.30. The summed E-state index contributed by atoms with van der Waals surface area (Å²) in [6, 6.07) is 16.1. The van der Waals surface area contributed by atoms with Gasteiger partial charge in [-0.05, 0) is 43.3 Å². The van der Waals surface area contributed by atoms with E-state index >= 15 is 0 Å². The molecule has 0 aromatic heterocycles. The molecule has 2 aromatic carbocycles. The van der Waals surface area contributed by atoms with Gasteiger partial charge in [0.15, 0.2) is 0 Å². The molecule has 0 atom stereocenters. The van der Waals surface area contributed by atoms with E-state index in [2.05, 4.69) is 11.8 Å². The van der Waals surface area contributed by atoms with Crippen molar-refractivity contribution in [1.82, 2.24) is 0 Å². The van der Waals surface area contributed by atoms with Crippen LogP contribution in [0.4, 0.5) is 0 Å². The predicted octanol–water partition coefficient (Wildman–Crippen LogP) is 4.22. The fourth-order valence-corrected chi connectivity index (χ4v) is 1.76. The van der Waals surface area contributed by atoms with E-state index in [1.54, 1.807) is 43.3 Å². The Labute approximate surface area is 140 Å². The van der Waals surface area contributed by atoms with Gasteiger partial charge < -0.3 is 9.47 Å². The molecule has 0 unspecified atom stereocenters. The first kappa shape index (κ1) is 16.7. The van der Waals surface area contributed by atoms with Crippen molar-refractivity contribution < 1.29 is 14.3 Å². The molecule has 0 radical (unpaired) electrons. The zero-order valence-corrected chi connectivity index (χ0v) is 13.3. The van der Waals surface area contributed by atoms with E-state index in [4.69, 9.17) is 21.1 Å². The quantitative estimate of drug-likeness (QED) is 0.365. The number of halogens is 1. The summed E-state index contributed by atoms with van der Waals surface area (Å²) in [7, 11) is 0. The first-order valence-electron chi connectivity index (χ1n) is 7.05. The number of carbonyl (C=O) groups is 1. The lowest BCUT2D eigenvalue weighted by atomic mass is 10.2. The van der Waals surface area contributed by atoms with Gasteiger partial charge >= 0.3 is 5.97 Å². The molecule has 116 valence electrons. The van der Waals surface area contributed by atoms with Crippen LogP contribution in [-0.2, 0) is 9.53 Å². The van der Waals surface area contributed by atoms with E-state index in [0.29, 0.717) is 10.8 Å². The average Bonchev–Trinajstić information content (AvgIpc) is 2.57. The Morgan fingerprint density at radius 1 is 1.13 bits per heavy atom. The van der Waals surface area contributed by atoms with Gasteiger partial charge in [0.05, 0.1) is 6.61 Å². The van der Waals surface area contributed by atoms with E-state index < -0.39 is 5.97 Å². The maximum Gasteiger partial charge on any atom is 0.349 e. The highest BCUT2D eigenvalue weighted by molar-refractivity contribution is 6.30. The number of carbonyl (C=O) groups excluding carboxylic acids is 1. The average molecular weight is 327 g/mol. The van der Waals surface area contributed by atoms with Crippen LogP contribution in [0, 0.1) is 11.8 Å². The van der Waals surface area contributed by atoms with Gasteiger partial charge in [-0.2, -0.15) is 0 Å². The maximum atomic E-state index is 11.9. The van der Waals surface area contributed by atoms with E-state index in [1.807, 2.05) is 18.2 Å². The van der Waals surface area contributed by atoms with Crippen LogP contribution in [0.2, 0.25) is 5.02 Å². The monoisotopic (exact) mass is 326 g/mol. The highest BCUT2D eigenvalue weighted by Crippen LogP contribution is 2.11. The molecule has 3 nitrogen and oxygen atoms in total. The summed E-state index contributed by atoms with van der Waals surface area (Å²) >= 11 is 5.83. The third-order valence-electron chi connectivity index (χ3n) is 2.74. The van der Waals surface area contributed by atoms with Gasteiger partial charge in [-0.15, -0.1) is 0 Å². The number of para-hydroxylation sites is 1. The van der Waals surface area contributed by atoms with Gasteiger partial charge in [0, 0.05) is 10.6 Å². The second-order valence-electron chi connectivity index (χ2n) is 4.44. The van der Waals surface area contributed by atoms with Crippen molar-refractivity contribution in [3.8, 4) is 17.6 Å². The molecule has 0 fully saturated rings. The molecule has 4 heteroatoms. The summed E-state index contributed by atoms with van der Waals surface area (Å²) in [4.78, 5) is 11.9. The highest BCUT2D eigenvalue weighted by Gasteiger charge is 2.08. The second-order valence-corrected chi connectivity index (χ2v) is 4.88. The Morgan fingerprint density at radius 3 is 2.48 bits per heavy atom. The number of hydrogen-bond acceptors (Lipinski definition) is 3. The lowest BCUT2D eigenvalue weighted by Crippen LogP contribution is -2.07. The SMILES string of the molecule is CCOC(=O)C(C#Cc1ccc(Cl)cc1)=COc1ccccc1. The van der Waals surface area contributed by atoms with Crippen molar-refractivity contribution >= 4 is 17.6 Å². The van der Waals surface area contributed by atoms with Crippen LogP contribution in [0.1, 0.15) is 12.5 Å². The standard InChI is InChI=1S/C19H15ClO3/c1-2-22-19(21)16(14-23-18-6-4-3-5-7-18)11-8-15-9-12-17(20)13-10-15/h3-7,9-10,12-14H,2H2,1H3. The first-order chi connectivity index (χ1) is 11.2.